The first-order chi connectivity index (χ1) is 7.47. The van der Waals surface area contributed by atoms with E-state index in [1.807, 2.05) is 0 Å². The molecule has 3 nitrogen and oxygen atoms in total. The summed E-state index contributed by atoms with van der Waals surface area (Å²) >= 11 is 7.35. The monoisotopic (exact) mass is 361 g/mol. The Kier molecular flexibility index (Phi) is 4.85. The Hall–Kier alpha value is -0.500. The molecule has 0 unspecified atom stereocenters. The number of nitrogens with zero attached hydrogens (tertiary/aromatic N) is 1. The molecule has 16 heavy (non-hydrogen) atoms. The van der Waals surface area contributed by atoms with Crippen LogP contribution < -0.4 is 0 Å². The van der Waals surface area contributed by atoms with E-state index in [4.69, 9.17) is 16.7 Å². The lowest BCUT2D eigenvalue weighted by Crippen LogP contribution is -2.09. The van der Waals surface area contributed by atoms with E-state index in [2.05, 4.69) is 4.98 Å². The van der Waals surface area contributed by atoms with Crippen LogP contribution in [-0.4, -0.2) is 16.1 Å². The third-order valence-corrected chi connectivity index (χ3v) is 3.45. The Morgan fingerprint density at radius 3 is 2.69 bits per heavy atom. The van der Waals surface area contributed by atoms with Crippen LogP contribution in [0.1, 0.15) is 23.2 Å². The second-order valence-electron chi connectivity index (χ2n) is 2.96. The van der Waals surface area contributed by atoms with Crippen LogP contribution in [0.5, 0.6) is 0 Å². The van der Waals surface area contributed by atoms with Crippen LogP contribution in [0.3, 0.4) is 0 Å². The van der Waals surface area contributed by atoms with E-state index in [1.165, 1.54) is 0 Å². The molecule has 0 saturated heterocycles. The Morgan fingerprint density at radius 2 is 2.25 bits per heavy atom. The molecule has 88 valence electrons. The van der Waals surface area contributed by atoms with Crippen LogP contribution in [0.15, 0.2) is 6.20 Å². The summed E-state index contributed by atoms with van der Waals surface area (Å²) in [5, 5.41) is 8.62. The van der Waals surface area contributed by atoms with Crippen molar-refractivity contribution in [3.8, 4) is 0 Å². The van der Waals surface area contributed by atoms with Gasteiger partial charge in [-0.3, -0.25) is 9.78 Å². The molecule has 1 aromatic heterocycles. The summed E-state index contributed by atoms with van der Waals surface area (Å²) in [7, 11) is 0. The molecule has 0 spiro atoms. The summed E-state index contributed by atoms with van der Waals surface area (Å²) in [6.07, 6.45) is -1.96. The van der Waals surface area contributed by atoms with Crippen LogP contribution >= 0.6 is 34.2 Å². The summed E-state index contributed by atoms with van der Waals surface area (Å²) in [6, 6.07) is 0. The molecule has 0 aliphatic heterocycles. The number of rotatable bonds is 4. The third-order valence-electron chi connectivity index (χ3n) is 1.91. The predicted octanol–water partition coefficient (Wildman–Crippen LogP) is 2.99. The summed E-state index contributed by atoms with van der Waals surface area (Å²) in [5.74, 6) is -1.10. The Morgan fingerprint density at radius 1 is 1.62 bits per heavy atom. The number of halogens is 4. The van der Waals surface area contributed by atoms with Crippen molar-refractivity contribution in [3.63, 3.8) is 0 Å². The lowest BCUT2D eigenvalue weighted by atomic mass is 10.1. The number of aliphatic carboxylic acids is 1. The van der Waals surface area contributed by atoms with Crippen molar-refractivity contribution in [2.75, 3.05) is 0 Å². The maximum absolute atomic E-state index is 12.5. The number of hydrogen-bond acceptors (Lipinski definition) is 2. The van der Waals surface area contributed by atoms with Crippen LogP contribution in [0, 0.1) is 3.57 Å². The fourth-order valence-electron chi connectivity index (χ4n) is 1.17. The zero-order valence-electron chi connectivity index (χ0n) is 7.88. The smallest absolute Gasteiger partial charge is 0.309 e. The lowest BCUT2D eigenvalue weighted by Gasteiger charge is -2.10. The summed E-state index contributed by atoms with van der Waals surface area (Å²) in [6.45, 7) is 0. The van der Waals surface area contributed by atoms with Crippen molar-refractivity contribution in [3.05, 3.63) is 26.6 Å². The van der Waals surface area contributed by atoms with Gasteiger partial charge in [0.15, 0.2) is 0 Å². The molecule has 1 heterocycles. The molecule has 1 rings (SSSR count). The quantitative estimate of drug-likeness (QED) is 0.662. The number of carboxylic acids is 1. The van der Waals surface area contributed by atoms with E-state index in [1.54, 1.807) is 22.6 Å². The minimum absolute atomic E-state index is 0.0333. The molecule has 7 heteroatoms. The minimum atomic E-state index is -2.64. The van der Waals surface area contributed by atoms with Gasteiger partial charge < -0.3 is 5.11 Å². The van der Waals surface area contributed by atoms with E-state index in [9.17, 15) is 13.6 Å². The van der Waals surface area contributed by atoms with Crippen molar-refractivity contribution < 1.29 is 18.7 Å². The Labute approximate surface area is 109 Å². The highest BCUT2D eigenvalue weighted by atomic mass is 127. The number of aromatic nitrogens is 1. The highest BCUT2D eigenvalue weighted by Crippen LogP contribution is 2.28. The third kappa shape index (κ3) is 3.00. The number of hydrogen-bond donors (Lipinski definition) is 1. The standard InChI is InChI=1S/C9H7ClF2INO2/c10-2-4-6(1-7(15)16)14-3-5(8(4)13)9(11)12/h3,9H,1-2H2,(H,15,16). The van der Waals surface area contributed by atoms with Crippen molar-refractivity contribution in [2.45, 2.75) is 18.7 Å². The van der Waals surface area contributed by atoms with Gasteiger partial charge >= 0.3 is 5.97 Å². The van der Waals surface area contributed by atoms with E-state index in [0.29, 0.717) is 5.56 Å². The zero-order chi connectivity index (χ0) is 12.3. The predicted molar refractivity (Wildman–Crippen MR) is 62.8 cm³/mol. The number of pyridine rings is 1. The van der Waals surface area contributed by atoms with Gasteiger partial charge in [-0.05, 0) is 22.6 Å². The van der Waals surface area contributed by atoms with Gasteiger partial charge in [0, 0.05) is 20.9 Å². The Balaban J connectivity index is 3.23. The van der Waals surface area contributed by atoms with Gasteiger partial charge in [-0.2, -0.15) is 0 Å². The fraction of sp³-hybridized carbons (Fsp3) is 0.333. The van der Waals surface area contributed by atoms with Gasteiger partial charge in [0.25, 0.3) is 6.43 Å². The second kappa shape index (κ2) is 5.72. The van der Waals surface area contributed by atoms with Crippen molar-refractivity contribution in [2.24, 2.45) is 0 Å². The number of carboxylic acid groups (broad SMARTS) is 1. The molecule has 1 aromatic rings. The molecular weight excluding hydrogens is 354 g/mol. The van der Waals surface area contributed by atoms with Crippen molar-refractivity contribution in [1.82, 2.24) is 4.98 Å². The van der Waals surface area contributed by atoms with Gasteiger partial charge in [-0.25, -0.2) is 8.78 Å². The summed E-state index contributed by atoms with van der Waals surface area (Å²) in [4.78, 5) is 14.3. The van der Waals surface area contributed by atoms with Crippen LogP contribution in [0.25, 0.3) is 0 Å². The van der Waals surface area contributed by atoms with Crippen molar-refractivity contribution in [1.29, 1.82) is 0 Å². The van der Waals surface area contributed by atoms with Gasteiger partial charge in [-0.1, -0.05) is 0 Å². The van der Waals surface area contributed by atoms with E-state index >= 15 is 0 Å². The number of carbonyl (C=O) groups is 1. The molecule has 1 N–H and O–H groups in total. The molecule has 0 radical (unpaired) electrons. The van der Waals surface area contributed by atoms with Gasteiger partial charge in [0.2, 0.25) is 0 Å². The first-order valence-corrected chi connectivity index (χ1v) is 5.80. The van der Waals surface area contributed by atoms with Crippen LogP contribution in [0.4, 0.5) is 8.78 Å². The minimum Gasteiger partial charge on any atom is -0.481 e. The summed E-state index contributed by atoms with van der Waals surface area (Å²) in [5.41, 5.74) is 0.379. The average Bonchev–Trinajstić information content (AvgIpc) is 2.16. The maximum Gasteiger partial charge on any atom is 0.309 e. The zero-order valence-corrected chi connectivity index (χ0v) is 10.8. The van der Waals surface area contributed by atoms with Crippen LogP contribution in [0.2, 0.25) is 0 Å². The molecule has 0 bridgehead atoms. The van der Waals surface area contributed by atoms with E-state index in [-0.39, 0.29) is 27.1 Å². The normalized spacial score (nSPS) is 10.8. The molecule has 0 atom stereocenters. The molecule has 0 aliphatic carbocycles. The topological polar surface area (TPSA) is 50.2 Å². The fourth-order valence-corrected chi connectivity index (χ4v) is 2.56. The first-order valence-electron chi connectivity index (χ1n) is 4.19. The molecule has 0 saturated carbocycles. The van der Waals surface area contributed by atoms with E-state index in [0.717, 1.165) is 6.20 Å². The molecule has 0 amide bonds. The first kappa shape index (κ1) is 13.6. The van der Waals surface area contributed by atoms with Crippen molar-refractivity contribution >= 4 is 40.2 Å². The molecule has 0 aliphatic rings. The lowest BCUT2D eigenvalue weighted by molar-refractivity contribution is -0.136. The largest absolute Gasteiger partial charge is 0.481 e. The number of alkyl halides is 3. The Bertz CT molecular complexity index is 415. The molecule has 0 fully saturated rings. The van der Waals surface area contributed by atoms with Crippen LogP contribution in [-0.2, 0) is 17.1 Å². The SMILES string of the molecule is O=C(O)Cc1ncc(C(F)F)c(I)c1CCl. The van der Waals surface area contributed by atoms with Gasteiger partial charge in [0.1, 0.15) is 0 Å². The van der Waals surface area contributed by atoms with E-state index < -0.39 is 12.4 Å². The van der Waals surface area contributed by atoms with Gasteiger partial charge in [-0.15, -0.1) is 11.6 Å². The second-order valence-corrected chi connectivity index (χ2v) is 4.30. The average molecular weight is 362 g/mol. The molecule has 0 aromatic carbocycles. The highest BCUT2D eigenvalue weighted by molar-refractivity contribution is 14.1. The summed E-state index contributed by atoms with van der Waals surface area (Å²) < 4.78 is 25.4. The molecular formula is C9H7ClF2INO2. The maximum atomic E-state index is 12.5. The highest BCUT2D eigenvalue weighted by Gasteiger charge is 2.19. The van der Waals surface area contributed by atoms with Gasteiger partial charge in [0.05, 0.1) is 18.0 Å².